The second kappa shape index (κ2) is 13.1. The molecule has 11 nitrogen and oxygen atoms in total. The van der Waals surface area contributed by atoms with E-state index in [0.717, 1.165) is 0 Å². The normalized spacial score (nSPS) is 19.4. The molecule has 2 atom stereocenters. The predicted octanol–water partition coefficient (Wildman–Crippen LogP) is 1.38. The molecule has 0 saturated heterocycles. The highest BCUT2D eigenvalue weighted by molar-refractivity contribution is 7.98. The van der Waals surface area contributed by atoms with E-state index in [2.05, 4.69) is 26.3 Å². The molecule has 0 spiro atoms. The van der Waals surface area contributed by atoms with Crippen molar-refractivity contribution in [1.82, 2.24) is 30.9 Å². The number of benzene rings is 1. The molecule has 1 aromatic carbocycles. The van der Waals surface area contributed by atoms with Gasteiger partial charge in [0.05, 0.1) is 26.4 Å². The zero-order valence-corrected chi connectivity index (χ0v) is 21.9. The first kappa shape index (κ1) is 27.3. The molecule has 0 saturated carbocycles. The van der Waals surface area contributed by atoms with E-state index in [1.54, 1.807) is 40.8 Å². The van der Waals surface area contributed by atoms with Crippen molar-refractivity contribution in [1.29, 1.82) is 0 Å². The standard InChI is InChI=1S/C24H34N6O5S/c1-15(2)11-19-23(32)25-13-17-14-30(29-28-17)8-9-35-20-6-5-16(12-21(20)34-3)22(31)26-18(7-10-36-4)24(33)27-19/h5-6,12,14-15,18-19H,7-11,13H2,1-4H3,(H,25,32)(H,26,31)(H,27,33)/t18-,19+/m0/s1. The van der Waals surface area contributed by atoms with Crippen LogP contribution in [0.3, 0.4) is 0 Å². The third kappa shape index (κ3) is 7.61. The van der Waals surface area contributed by atoms with Crippen molar-refractivity contribution >= 4 is 29.5 Å². The molecular formula is C24H34N6O5S. The monoisotopic (exact) mass is 518 g/mol. The maximum Gasteiger partial charge on any atom is 0.252 e. The summed E-state index contributed by atoms with van der Waals surface area (Å²) in [5, 5.41) is 16.7. The van der Waals surface area contributed by atoms with E-state index in [1.807, 2.05) is 20.1 Å². The van der Waals surface area contributed by atoms with Crippen LogP contribution in [0.25, 0.3) is 0 Å². The lowest BCUT2D eigenvalue weighted by molar-refractivity contribution is -0.130. The molecule has 3 N–H and O–H groups in total. The number of fused-ring (bicyclic) bond motifs is 12. The zero-order valence-electron chi connectivity index (χ0n) is 21.1. The Bertz CT molecular complexity index is 1060. The molecular weight excluding hydrogens is 484 g/mol. The molecule has 1 aromatic heterocycles. The maximum absolute atomic E-state index is 13.2. The van der Waals surface area contributed by atoms with Gasteiger partial charge < -0.3 is 25.4 Å². The van der Waals surface area contributed by atoms with Gasteiger partial charge in [0, 0.05) is 5.56 Å². The summed E-state index contributed by atoms with van der Waals surface area (Å²) in [5.74, 6) is 0.555. The van der Waals surface area contributed by atoms with Crippen LogP contribution in [0.2, 0.25) is 0 Å². The van der Waals surface area contributed by atoms with E-state index in [9.17, 15) is 14.4 Å². The number of carbonyl (C=O) groups excluding carboxylic acids is 3. The van der Waals surface area contributed by atoms with Gasteiger partial charge in [-0.3, -0.25) is 14.4 Å². The van der Waals surface area contributed by atoms with Gasteiger partial charge in [-0.05, 0) is 49.0 Å². The third-order valence-electron chi connectivity index (χ3n) is 5.61. The predicted molar refractivity (Wildman–Crippen MR) is 136 cm³/mol. The SMILES string of the molecule is COc1cc2ccc1OCCn1cc(nn1)CNC(=O)[C@@H](CC(C)C)NC(=O)[C@H](CCSC)NC2=O. The van der Waals surface area contributed by atoms with Gasteiger partial charge >= 0.3 is 0 Å². The highest BCUT2D eigenvalue weighted by Gasteiger charge is 2.28. The Hall–Kier alpha value is -3.28. The van der Waals surface area contributed by atoms with Gasteiger partial charge in [0.1, 0.15) is 24.4 Å². The quantitative estimate of drug-likeness (QED) is 0.488. The summed E-state index contributed by atoms with van der Waals surface area (Å²) in [6.45, 7) is 4.85. The number of carbonyl (C=O) groups is 3. The first-order valence-corrected chi connectivity index (χ1v) is 13.3. The summed E-state index contributed by atoms with van der Waals surface area (Å²) in [7, 11) is 1.50. The highest BCUT2D eigenvalue weighted by atomic mass is 32.2. The van der Waals surface area contributed by atoms with Gasteiger partial charge in [-0.2, -0.15) is 11.8 Å². The topological polar surface area (TPSA) is 136 Å². The van der Waals surface area contributed by atoms with Crippen LogP contribution in [0.15, 0.2) is 24.4 Å². The third-order valence-corrected chi connectivity index (χ3v) is 6.25. The van der Waals surface area contributed by atoms with Crippen molar-refractivity contribution in [2.75, 3.05) is 25.7 Å². The lowest BCUT2D eigenvalue weighted by Crippen LogP contribution is -2.54. The molecule has 0 aliphatic carbocycles. The first-order chi connectivity index (χ1) is 17.3. The molecule has 2 aliphatic rings. The maximum atomic E-state index is 13.2. The van der Waals surface area contributed by atoms with Crippen molar-refractivity contribution in [3.05, 3.63) is 35.7 Å². The second-order valence-corrected chi connectivity index (χ2v) is 9.89. The molecule has 196 valence electrons. The number of nitrogens with one attached hydrogen (secondary N) is 3. The van der Waals surface area contributed by atoms with Gasteiger partial charge in [0.25, 0.3) is 5.91 Å². The Kier molecular flexibility index (Phi) is 9.97. The van der Waals surface area contributed by atoms with Crippen molar-refractivity contribution in [3.8, 4) is 11.5 Å². The molecule has 2 aliphatic heterocycles. The Balaban J connectivity index is 1.91. The van der Waals surface area contributed by atoms with E-state index in [1.165, 1.54) is 7.11 Å². The molecule has 4 rings (SSSR count). The van der Waals surface area contributed by atoms with E-state index in [-0.39, 0.29) is 18.4 Å². The van der Waals surface area contributed by atoms with Gasteiger partial charge in [0.2, 0.25) is 11.8 Å². The van der Waals surface area contributed by atoms with Crippen LogP contribution < -0.4 is 25.4 Å². The Morgan fingerprint density at radius 1 is 1.19 bits per heavy atom. The second-order valence-electron chi connectivity index (χ2n) is 8.90. The van der Waals surface area contributed by atoms with Gasteiger partial charge in [0.15, 0.2) is 11.5 Å². The van der Waals surface area contributed by atoms with Crippen LogP contribution in [0.4, 0.5) is 0 Å². The minimum Gasteiger partial charge on any atom is -0.493 e. The number of hydrogen-bond acceptors (Lipinski definition) is 8. The highest BCUT2D eigenvalue weighted by Crippen LogP contribution is 2.28. The van der Waals surface area contributed by atoms with Crippen molar-refractivity contribution < 1.29 is 23.9 Å². The number of rotatable bonds is 6. The van der Waals surface area contributed by atoms with Crippen LogP contribution in [-0.4, -0.2) is 70.5 Å². The lowest BCUT2D eigenvalue weighted by atomic mass is 10.0. The minimum atomic E-state index is -0.809. The van der Waals surface area contributed by atoms with Crippen LogP contribution in [0.1, 0.15) is 42.7 Å². The van der Waals surface area contributed by atoms with Crippen LogP contribution in [-0.2, 0) is 22.7 Å². The summed E-state index contributed by atoms with van der Waals surface area (Å²) in [6, 6.07) is 3.29. The van der Waals surface area contributed by atoms with E-state index >= 15 is 0 Å². The average molecular weight is 519 g/mol. The molecule has 0 unspecified atom stereocenters. The number of thioether (sulfide) groups is 1. The molecule has 12 heteroatoms. The summed E-state index contributed by atoms with van der Waals surface area (Å²) in [4.78, 5) is 39.3. The fourth-order valence-electron chi connectivity index (χ4n) is 3.73. The van der Waals surface area contributed by atoms with Crippen LogP contribution in [0.5, 0.6) is 11.5 Å². The number of amides is 3. The molecule has 2 aromatic rings. The summed E-state index contributed by atoms with van der Waals surface area (Å²) in [5.41, 5.74) is 0.916. The largest absolute Gasteiger partial charge is 0.493 e. The lowest BCUT2D eigenvalue weighted by Gasteiger charge is -2.24. The average Bonchev–Trinajstić information content (AvgIpc) is 3.31. The van der Waals surface area contributed by atoms with Crippen molar-refractivity contribution in [2.24, 2.45) is 5.92 Å². The molecule has 0 radical (unpaired) electrons. The Labute approximate surface area is 215 Å². The summed E-state index contributed by atoms with van der Waals surface area (Å²) < 4.78 is 12.9. The van der Waals surface area contributed by atoms with Gasteiger partial charge in [-0.15, -0.1) is 5.10 Å². The van der Waals surface area contributed by atoms with Crippen LogP contribution in [0, 0.1) is 5.92 Å². The van der Waals surface area contributed by atoms with E-state index in [0.29, 0.717) is 54.5 Å². The van der Waals surface area contributed by atoms with Crippen LogP contribution >= 0.6 is 11.8 Å². The Morgan fingerprint density at radius 2 is 2.00 bits per heavy atom. The van der Waals surface area contributed by atoms with Crippen molar-refractivity contribution in [2.45, 2.75) is 51.9 Å². The number of ether oxygens (including phenoxy) is 2. The fraction of sp³-hybridized carbons (Fsp3) is 0.542. The van der Waals surface area contributed by atoms with Crippen molar-refractivity contribution in [3.63, 3.8) is 0 Å². The van der Waals surface area contributed by atoms with Gasteiger partial charge in [-0.1, -0.05) is 19.1 Å². The number of aromatic nitrogens is 3. The minimum absolute atomic E-state index is 0.161. The first-order valence-electron chi connectivity index (χ1n) is 11.9. The summed E-state index contributed by atoms with van der Waals surface area (Å²) >= 11 is 1.57. The molecule has 3 heterocycles. The molecule has 3 amide bonds. The molecule has 0 fully saturated rings. The van der Waals surface area contributed by atoms with E-state index < -0.39 is 23.9 Å². The van der Waals surface area contributed by atoms with E-state index in [4.69, 9.17) is 9.47 Å². The molecule has 4 bridgehead atoms. The zero-order chi connectivity index (χ0) is 26.1. The number of nitrogens with zero attached hydrogens (tertiary/aromatic N) is 3. The number of hydrogen-bond donors (Lipinski definition) is 3. The number of methoxy groups -OCH3 is 1. The summed E-state index contributed by atoms with van der Waals surface area (Å²) in [6.07, 6.45) is 4.52. The van der Waals surface area contributed by atoms with Gasteiger partial charge in [-0.25, -0.2) is 4.68 Å². The smallest absolute Gasteiger partial charge is 0.252 e. The Morgan fingerprint density at radius 3 is 2.72 bits per heavy atom. The molecule has 36 heavy (non-hydrogen) atoms. The fourth-order valence-corrected chi connectivity index (χ4v) is 4.20.